The number of aromatic carboxylic acids is 1. The third kappa shape index (κ3) is 4.20. The summed E-state index contributed by atoms with van der Waals surface area (Å²) >= 11 is 0. The topological polar surface area (TPSA) is 69.6 Å². The van der Waals surface area contributed by atoms with Crippen molar-refractivity contribution in [1.82, 2.24) is 0 Å². The van der Waals surface area contributed by atoms with E-state index >= 15 is 0 Å². The largest absolute Gasteiger partial charge is 0.478 e. The molecule has 0 spiro atoms. The first-order valence-electron chi connectivity index (χ1n) is 10.1. The fraction of sp³-hybridized carbons (Fsp3) is 0.200. The highest BCUT2D eigenvalue weighted by molar-refractivity contribution is 6.05. The molecule has 2 N–H and O–H groups in total. The zero-order chi connectivity index (χ0) is 21.1. The van der Waals surface area contributed by atoms with Crippen LogP contribution in [0.4, 0.5) is 11.4 Å². The van der Waals surface area contributed by atoms with E-state index in [0.717, 1.165) is 25.1 Å². The van der Waals surface area contributed by atoms with Gasteiger partial charge >= 0.3 is 5.97 Å². The van der Waals surface area contributed by atoms with E-state index in [1.165, 1.54) is 5.56 Å². The van der Waals surface area contributed by atoms with Crippen LogP contribution in [0, 0.1) is 6.92 Å². The molecule has 1 saturated heterocycles. The summed E-state index contributed by atoms with van der Waals surface area (Å²) in [6.45, 7) is 3.50. The molecule has 1 fully saturated rings. The van der Waals surface area contributed by atoms with Crippen LogP contribution in [-0.4, -0.2) is 30.1 Å². The molecule has 30 heavy (non-hydrogen) atoms. The van der Waals surface area contributed by atoms with Gasteiger partial charge in [-0.1, -0.05) is 48.0 Å². The Hall–Kier alpha value is -3.60. The number of benzene rings is 3. The van der Waals surface area contributed by atoms with Crippen molar-refractivity contribution in [2.45, 2.75) is 19.3 Å². The van der Waals surface area contributed by atoms with E-state index in [0.29, 0.717) is 22.9 Å². The number of rotatable bonds is 5. The Morgan fingerprint density at radius 1 is 1.00 bits per heavy atom. The molecule has 1 aliphatic heterocycles. The van der Waals surface area contributed by atoms with E-state index < -0.39 is 5.97 Å². The van der Waals surface area contributed by atoms with Gasteiger partial charge in [-0.2, -0.15) is 0 Å². The van der Waals surface area contributed by atoms with Gasteiger partial charge in [0.1, 0.15) is 0 Å². The van der Waals surface area contributed by atoms with Crippen molar-refractivity contribution in [3.8, 4) is 0 Å². The zero-order valence-electron chi connectivity index (χ0n) is 16.8. The Kier molecular flexibility index (Phi) is 5.53. The van der Waals surface area contributed by atoms with Crippen LogP contribution in [0.5, 0.6) is 0 Å². The molecule has 5 nitrogen and oxygen atoms in total. The molecule has 5 heteroatoms. The number of carboxylic acids is 1. The van der Waals surface area contributed by atoms with Crippen LogP contribution >= 0.6 is 0 Å². The Balaban J connectivity index is 1.54. The predicted molar refractivity (Wildman–Crippen MR) is 119 cm³/mol. The number of amides is 1. The normalized spacial score (nSPS) is 15.8. The molecular formula is C25H24N2O3. The summed E-state index contributed by atoms with van der Waals surface area (Å²) in [5.41, 5.74) is 4.17. The first-order chi connectivity index (χ1) is 14.5. The fourth-order valence-electron chi connectivity index (χ4n) is 4.03. The minimum absolute atomic E-state index is 0.200. The summed E-state index contributed by atoms with van der Waals surface area (Å²) in [6.07, 6.45) is 0.981. The van der Waals surface area contributed by atoms with Gasteiger partial charge in [-0.15, -0.1) is 0 Å². The van der Waals surface area contributed by atoms with Gasteiger partial charge in [0.05, 0.1) is 11.3 Å². The first kappa shape index (κ1) is 19.7. The minimum Gasteiger partial charge on any atom is -0.478 e. The average Bonchev–Trinajstić information content (AvgIpc) is 3.24. The lowest BCUT2D eigenvalue weighted by molar-refractivity contribution is 0.0697. The lowest BCUT2D eigenvalue weighted by Gasteiger charge is -2.21. The molecule has 0 aromatic heterocycles. The summed E-state index contributed by atoms with van der Waals surface area (Å²) in [5.74, 6) is -0.874. The summed E-state index contributed by atoms with van der Waals surface area (Å²) in [4.78, 5) is 26.6. The molecule has 0 aliphatic carbocycles. The second-order valence-electron chi connectivity index (χ2n) is 7.70. The van der Waals surface area contributed by atoms with Crippen LogP contribution in [0.25, 0.3) is 0 Å². The summed E-state index contributed by atoms with van der Waals surface area (Å²) in [6, 6.07) is 22.7. The van der Waals surface area contributed by atoms with Crippen molar-refractivity contribution in [1.29, 1.82) is 0 Å². The number of hydrogen-bond donors (Lipinski definition) is 2. The lowest BCUT2D eigenvalue weighted by Crippen LogP contribution is -2.22. The standard InChI is InChI=1S/C25H24N2O3/c1-17-6-5-9-19(14-17)24(28)26-21-10-11-23(22(15-21)25(29)30)27-13-12-20(16-27)18-7-3-2-4-8-18/h2-11,14-15,20H,12-13,16H2,1H3,(H,26,28)(H,29,30). The van der Waals surface area contributed by atoms with Gasteiger partial charge in [0, 0.05) is 30.3 Å². The summed E-state index contributed by atoms with van der Waals surface area (Å²) in [5, 5.41) is 12.6. The number of nitrogens with one attached hydrogen (secondary N) is 1. The van der Waals surface area contributed by atoms with E-state index in [4.69, 9.17) is 0 Å². The maximum absolute atomic E-state index is 12.5. The quantitative estimate of drug-likeness (QED) is 0.636. The first-order valence-corrected chi connectivity index (χ1v) is 10.1. The number of carbonyl (C=O) groups is 2. The molecular weight excluding hydrogens is 376 g/mol. The molecule has 152 valence electrons. The monoisotopic (exact) mass is 400 g/mol. The highest BCUT2D eigenvalue weighted by Crippen LogP contribution is 2.33. The van der Waals surface area contributed by atoms with Crippen molar-refractivity contribution in [2.75, 3.05) is 23.3 Å². The smallest absolute Gasteiger partial charge is 0.337 e. The third-order valence-electron chi connectivity index (χ3n) is 5.57. The molecule has 3 aromatic carbocycles. The second kappa shape index (κ2) is 8.41. The Morgan fingerprint density at radius 3 is 2.53 bits per heavy atom. The molecule has 0 saturated carbocycles. The van der Waals surface area contributed by atoms with Gasteiger partial charge in [-0.3, -0.25) is 4.79 Å². The SMILES string of the molecule is Cc1cccc(C(=O)Nc2ccc(N3CCC(c4ccccc4)C3)c(C(=O)O)c2)c1. The maximum atomic E-state index is 12.5. The second-order valence-corrected chi connectivity index (χ2v) is 7.70. The number of carboxylic acid groups (broad SMARTS) is 1. The van der Waals surface area contributed by atoms with Crippen LogP contribution in [0.2, 0.25) is 0 Å². The van der Waals surface area contributed by atoms with Crippen molar-refractivity contribution < 1.29 is 14.7 Å². The molecule has 1 unspecified atom stereocenters. The van der Waals surface area contributed by atoms with Gasteiger partial charge < -0.3 is 15.3 Å². The van der Waals surface area contributed by atoms with Crippen LogP contribution in [0.3, 0.4) is 0 Å². The highest BCUT2D eigenvalue weighted by atomic mass is 16.4. The van der Waals surface area contributed by atoms with Gasteiger partial charge in [0.15, 0.2) is 0 Å². The molecule has 1 aliphatic rings. The van der Waals surface area contributed by atoms with Crippen molar-refractivity contribution in [3.05, 3.63) is 95.1 Å². The van der Waals surface area contributed by atoms with Gasteiger partial charge in [0.25, 0.3) is 5.91 Å². The fourth-order valence-corrected chi connectivity index (χ4v) is 4.03. The van der Waals surface area contributed by atoms with Crippen molar-refractivity contribution in [3.63, 3.8) is 0 Å². The number of aryl methyl sites for hydroxylation is 1. The Bertz CT molecular complexity index is 1080. The molecule has 4 rings (SSSR count). The lowest BCUT2D eigenvalue weighted by atomic mass is 9.99. The molecule has 0 radical (unpaired) electrons. The van der Waals surface area contributed by atoms with Crippen LogP contribution in [-0.2, 0) is 0 Å². The average molecular weight is 400 g/mol. The number of carbonyl (C=O) groups excluding carboxylic acids is 1. The van der Waals surface area contributed by atoms with Crippen molar-refractivity contribution in [2.24, 2.45) is 0 Å². The van der Waals surface area contributed by atoms with Crippen LogP contribution < -0.4 is 10.2 Å². The third-order valence-corrected chi connectivity index (χ3v) is 5.57. The summed E-state index contributed by atoms with van der Waals surface area (Å²) in [7, 11) is 0. The maximum Gasteiger partial charge on any atom is 0.337 e. The molecule has 0 bridgehead atoms. The minimum atomic E-state index is -1.00. The van der Waals surface area contributed by atoms with Crippen LogP contribution in [0.15, 0.2) is 72.8 Å². The van der Waals surface area contributed by atoms with Gasteiger partial charge in [-0.05, 0) is 49.2 Å². The highest BCUT2D eigenvalue weighted by Gasteiger charge is 2.27. The molecule has 3 aromatic rings. The molecule has 1 heterocycles. The van der Waals surface area contributed by atoms with E-state index in [2.05, 4.69) is 22.3 Å². The van der Waals surface area contributed by atoms with E-state index in [1.807, 2.05) is 37.3 Å². The molecule has 1 atom stereocenters. The predicted octanol–water partition coefficient (Wildman–Crippen LogP) is 4.94. The van der Waals surface area contributed by atoms with Gasteiger partial charge in [-0.25, -0.2) is 4.79 Å². The summed E-state index contributed by atoms with van der Waals surface area (Å²) < 4.78 is 0. The number of hydrogen-bond acceptors (Lipinski definition) is 3. The zero-order valence-corrected chi connectivity index (χ0v) is 16.8. The van der Waals surface area contributed by atoms with Crippen LogP contribution in [0.1, 0.15) is 44.2 Å². The van der Waals surface area contributed by atoms with E-state index in [-0.39, 0.29) is 11.5 Å². The number of nitrogens with zero attached hydrogens (tertiary/aromatic N) is 1. The van der Waals surface area contributed by atoms with Crippen molar-refractivity contribution >= 4 is 23.3 Å². The number of anilines is 2. The Labute approximate surface area is 176 Å². The van der Waals surface area contributed by atoms with E-state index in [1.54, 1.807) is 30.3 Å². The molecule has 1 amide bonds. The van der Waals surface area contributed by atoms with Gasteiger partial charge in [0.2, 0.25) is 0 Å². The van der Waals surface area contributed by atoms with E-state index in [9.17, 15) is 14.7 Å². The Morgan fingerprint density at radius 2 is 1.80 bits per heavy atom.